The van der Waals surface area contributed by atoms with Gasteiger partial charge >= 0.3 is 52.9 Å². The van der Waals surface area contributed by atoms with Gasteiger partial charge in [0, 0.05) is 19.5 Å². The van der Waals surface area contributed by atoms with Crippen LogP contribution in [0.1, 0.15) is 20.3 Å². The Bertz CT molecular complexity index is 1050. The molecule has 0 aromatic heterocycles. The molecule has 0 N–H and O–H groups in total. The lowest BCUT2D eigenvalue weighted by Crippen LogP contribution is -2.76. The molecule has 0 heterocycles. The van der Waals surface area contributed by atoms with E-state index in [4.69, 9.17) is 0 Å². The summed E-state index contributed by atoms with van der Waals surface area (Å²) in [5.41, 5.74) is 0. The van der Waals surface area contributed by atoms with Crippen LogP contribution >= 0.6 is 0 Å². The summed E-state index contributed by atoms with van der Waals surface area (Å²) in [5.74, 6) is -61.7. The topological polar surface area (TPSA) is 37.4 Å². The zero-order valence-electron chi connectivity index (χ0n) is 21.3. The van der Waals surface area contributed by atoms with Crippen molar-refractivity contribution in [2.45, 2.75) is 73.2 Å². The molecule has 0 amide bonds. The van der Waals surface area contributed by atoms with E-state index in [2.05, 4.69) is 0 Å². The van der Waals surface area contributed by atoms with Crippen LogP contribution in [0.5, 0.6) is 0 Å². The number of hydrogen-bond acceptors (Lipinski definition) is 2. The Kier molecular flexibility index (Phi) is 10.8. The van der Waals surface area contributed by atoms with E-state index in [1.54, 1.807) is 6.92 Å². The van der Waals surface area contributed by atoms with E-state index >= 15 is 0 Å². The molecule has 254 valence electrons. The summed E-state index contributed by atoms with van der Waals surface area (Å²) in [6.45, 7) is -0.206. The first-order chi connectivity index (χ1) is 18.0. The molecule has 0 fully saturated rings. The lowest BCUT2D eigenvalue weighted by atomic mass is 9.89. The van der Waals surface area contributed by atoms with Gasteiger partial charge in [-0.25, -0.2) is 8.42 Å². The van der Waals surface area contributed by atoms with Crippen molar-refractivity contribution < 1.29 is 96.3 Å². The number of rotatable bonds is 15. The molecule has 24 heteroatoms. The van der Waals surface area contributed by atoms with Gasteiger partial charge in [-0.2, -0.15) is 87.7 Å². The predicted molar refractivity (Wildman–Crippen MR) is 104 cm³/mol. The third-order valence-corrected chi connectivity index (χ3v) is 8.16. The highest BCUT2D eigenvalue weighted by molar-refractivity contribution is 7.90. The molecule has 0 spiro atoms. The van der Waals surface area contributed by atoms with Crippen LogP contribution in [0.3, 0.4) is 0 Å². The number of nitrogens with zero attached hydrogens (tertiary/aromatic N) is 2. The highest BCUT2D eigenvalue weighted by atomic mass is 32.2. The second kappa shape index (κ2) is 11.2. The van der Waals surface area contributed by atoms with Crippen molar-refractivity contribution >= 4 is 10.0 Å². The van der Waals surface area contributed by atoms with Crippen LogP contribution in [0.2, 0.25) is 0 Å². The minimum atomic E-state index is -9.11. The number of hydrogen-bond donors (Lipinski definition) is 0. The summed E-state index contributed by atoms with van der Waals surface area (Å²) in [5, 5.41) is -7.64. The summed E-state index contributed by atoms with van der Waals surface area (Å²) >= 11 is 0. The predicted octanol–water partition coefficient (Wildman–Crippen LogP) is 6.73. The lowest BCUT2D eigenvalue weighted by Gasteiger charge is -2.43. The number of halogens is 19. The van der Waals surface area contributed by atoms with Crippen molar-refractivity contribution in [1.82, 2.24) is 4.31 Å². The maximum atomic E-state index is 14.4. The maximum absolute atomic E-state index is 14.4. The Morgan fingerprint density at radius 2 is 0.857 bits per heavy atom. The van der Waals surface area contributed by atoms with Crippen molar-refractivity contribution in [2.75, 3.05) is 40.3 Å². The molecule has 0 aliphatic heterocycles. The van der Waals surface area contributed by atoms with E-state index < -0.39 is 86.7 Å². The zero-order chi connectivity index (χ0) is 34.6. The van der Waals surface area contributed by atoms with Crippen molar-refractivity contribution in [1.29, 1.82) is 0 Å². The van der Waals surface area contributed by atoms with Crippen LogP contribution in [0, 0.1) is 0 Å². The fourth-order valence-corrected chi connectivity index (χ4v) is 4.44. The maximum Gasteiger partial charge on any atom is 0.460 e. The molecule has 0 radical (unpaired) electrons. The Hall–Kier alpha value is -1.46. The third kappa shape index (κ3) is 5.71. The first-order valence-electron chi connectivity index (χ1n) is 10.9. The van der Waals surface area contributed by atoms with Gasteiger partial charge in [0.15, 0.2) is 0 Å². The molecule has 0 rings (SSSR count). The standard InChI is InChI=1S/C18H22F19N2O2S/c1-5-38(8-7-9-39(3,4)6-2)42(40,41)18(36,37)16(31,32)14(27,28)12(23,24)10(19,20)11(21,22)13(25,26)15(29,30)17(33,34)35/h5-9H2,1-4H3/q+1. The molecule has 0 bridgehead atoms. The molecule has 0 aliphatic rings. The Balaban J connectivity index is 6.95. The molecule has 0 saturated carbocycles. The van der Waals surface area contributed by atoms with Gasteiger partial charge in [-0.05, 0) is 6.92 Å². The van der Waals surface area contributed by atoms with Gasteiger partial charge in [-0.15, -0.1) is 0 Å². The molecular formula is C18H22F19N2O2S+. The smallest absolute Gasteiger partial charge is 0.329 e. The first-order valence-corrected chi connectivity index (χ1v) is 12.3. The minimum absolute atomic E-state index is 0.00968. The average Bonchev–Trinajstić information content (AvgIpc) is 2.79. The van der Waals surface area contributed by atoms with Crippen LogP contribution in [0.15, 0.2) is 0 Å². The summed E-state index contributed by atoms with van der Waals surface area (Å²) in [4.78, 5) is 0. The van der Waals surface area contributed by atoms with Crippen LogP contribution in [-0.2, 0) is 10.0 Å². The van der Waals surface area contributed by atoms with Gasteiger partial charge in [0.1, 0.15) is 0 Å². The summed E-state index contributed by atoms with van der Waals surface area (Å²) in [6, 6.07) is 0. The number of quaternary nitrogens is 1. The van der Waals surface area contributed by atoms with Crippen molar-refractivity contribution in [3.8, 4) is 0 Å². The second-order valence-corrected chi connectivity index (χ2v) is 11.3. The van der Waals surface area contributed by atoms with Gasteiger partial charge in [-0.1, -0.05) is 6.92 Å². The molecule has 0 aliphatic carbocycles. The normalized spacial score (nSPS) is 16.4. The van der Waals surface area contributed by atoms with Crippen molar-refractivity contribution in [2.24, 2.45) is 0 Å². The molecule has 42 heavy (non-hydrogen) atoms. The Labute approximate surface area is 225 Å². The summed E-state index contributed by atoms with van der Waals surface area (Å²) in [7, 11) is -4.40. The summed E-state index contributed by atoms with van der Waals surface area (Å²) < 4.78 is 280. The van der Waals surface area contributed by atoms with E-state index in [-0.39, 0.29) is 11.0 Å². The fraction of sp³-hybridized carbons (Fsp3) is 1.00. The van der Waals surface area contributed by atoms with E-state index in [1.165, 1.54) is 14.1 Å². The van der Waals surface area contributed by atoms with E-state index in [1.807, 2.05) is 0 Å². The quantitative estimate of drug-likeness (QED) is 0.141. The van der Waals surface area contributed by atoms with E-state index in [0.717, 1.165) is 0 Å². The largest absolute Gasteiger partial charge is 0.460 e. The van der Waals surface area contributed by atoms with Gasteiger partial charge < -0.3 is 4.48 Å². The molecule has 0 aromatic carbocycles. The monoisotopic (exact) mass is 691 g/mol. The van der Waals surface area contributed by atoms with E-state index in [9.17, 15) is 91.8 Å². The second-order valence-electron chi connectivity index (χ2n) is 9.36. The molecule has 0 aromatic rings. The molecular weight excluding hydrogens is 669 g/mol. The minimum Gasteiger partial charge on any atom is -0.329 e. The SMILES string of the molecule is CCN(CCC[N+](C)(C)CC)S(=O)(=O)C(F)(F)C(F)(F)C(F)(F)C(F)(F)C(F)(F)C(F)(F)C(F)(F)C(F)(F)C(F)(F)F. The number of sulfonamides is 1. The van der Waals surface area contributed by atoms with Crippen molar-refractivity contribution in [3.05, 3.63) is 0 Å². The molecule has 0 saturated heterocycles. The zero-order valence-corrected chi connectivity index (χ0v) is 22.2. The van der Waals surface area contributed by atoms with E-state index in [0.29, 0.717) is 13.5 Å². The molecule has 0 atom stereocenters. The summed E-state index contributed by atoms with van der Waals surface area (Å²) in [6.07, 6.45) is -8.50. The van der Waals surface area contributed by atoms with Gasteiger partial charge in [0.25, 0.3) is 10.0 Å². The third-order valence-electron chi connectivity index (χ3n) is 6.13. The Morgan fingerprint density at radius 3 is 1.14 bits per heavy atom. The lowest BCUT2D eigenvalue weighted by molar-refractivity contribution is -0.888. The number of alkyl halides is 19. The van der Waals surface area contributed by atoms with Crippen LogP contribution in [-0.4, -0.2) is 110 Å². The van der Waals surface area contributed by atoms with Crippen LogP contribution in [0.25, 0.3) is 0 Å². The highest BCUT2D eigenvalue weighted by Crippen LogP contribution is 2.65. The van der Waals surface area contributed by atoms with Gasteiger partial charge in [0.05, 0.1) is 27.2 Å². The highest BCUT2D eigenvalue weighted by Gasteiger charge is 2.97. The molecule has 4 nitrogen and oxygen atoms in total. The van der Waals surface area contributed by atoms with Gasteiger partial charge in [0.2, 0.25) is 0 Å². The van der Waals surface area contributed by atoms with Crippen LogP contribution < -0.4 is 0 Å². The average molecular weight is 691 g/mol. The molecule has 0 unspecified atom stereocenters. The first kappa shape index (κ1) is 40.5. The van der Waals surface area contributed by atoms with Crippen LogP contribution in [0.4, 0.5) is 83.4 Å². The fourth-order valence-electron chi connectivity index (χ4n) is 2.95. The van der Waals surface area contributed by atoms with Crippen molar-refractivity contribution in [3.63, 3.8) is 0 Å². The van der Waals surface area contributed by atoms with Gasteiger partial charge in [-0.3, -0.25) is 0 Å². The Morgan fingerprint density at radius 1 is 0.548 bits per heavy atom.